The number of carbonyl (C=O) groups excluding carboxylic acids is 1. The van der Waals surface area contributed by atoms with Gasteiger partial charge in [-0.3, -0.25) is 9.79 Å². The third kappa shape index (κ3) is 13.0. The molecule has 0 spiro atoms. The second kappa shape index (κ2) is 11.6. The Morgan fingerprint density at radius 2 is 1.34 bits per heavy atom. The average molecular weight is 518 g/mol. The van der Waals surface area contributed by atoms with Crippen molar-refractivity contribution in [1.82, 2.24) is 0 Å². The van der Waals surface area contributed by atoms with Crippen molar-refractivity contribution in [2.45, 2.75) is 124 Å². The Kier molecular flexibility index (Phi) is 11.6. The number of Topliss-reactive ketones (excluding diaryl/α,β-unsaturated/α-hetero) is 1. The van der Waals surface area contributed by atoms with Crippen molar-refractivity contribution < 1.29 is 9.22 Å². The summed E-state index contributed by atoms with van der Waals surface area (Å²) >= 11 is 6.43. The molecule has 0 aliphatic carbocycles. The zero-order chi connectivity index (χ0) is 25.8. The van der Waals surface area contributed by atoms with Gasteiger partial charge in [-0.15, -0.1) is 0 Å². The minimum Gasteiger partial charge on any atom is -0.415 e. The molecule has 0 heterocycles. The zero-order valence-corrected chi connectivity index (χ0v) is 27.4. The van der Waals surface area contributed by atoms with Crippen molar-refractivity contribution >= 4 is 47.0 Å². The first-order valence-electron chi connectivity index (χ1n) is 12.0. The van der Waals surface area contributed by atoms with Crippen LogP contribution >= 0.6 is 11.6 Å². The lowest BCUT2D eigenvalue weighted by Gasteiger charge is -2.37. The Balaban J connectivity index is 5.93. The van der Waals surface area contributed by atoms with Gasteiger partial charge < -0.3 is 4.43 Å². The molecule has 0 aromatic heterocycles. The van der Waals surface area contributed by atoms with E-state index in [0.29, 0.717) is 6.61 Å². The second-order valence-corrected chi connectivity index (χ2v) is 30.4. The topological polar surface area (TPSA) is 38.7 Å². The van der Waals surface area contributed by atoms with E-state index in [2.05, 4.69) is 79.2 Å². The molecule has 0 aliphatic rings. The molecule has 7 heteroatoms. The van der Waals surface area contributed by atoms with Crippen molar-refractivity contribution in [2.75, 3.05) is 6.61 Å². The number of allylic oxidation sites excluding steroid dienone is 1. The number of ketones is 1. The molecule has 0 aromatic rings. The van der Waals surface area contributed by atoms with Crippen molar-refractivity contribution in [3.63, 3.8) is 0 Å². The van der Waals surface area contributed by atoms with Gasteiger partial charge in [0.15, 0.2) is 19.3 Å². The van der Waals surface area contributed by atoms with Gasteiger partial charge in [0, 0.05) is 21.6 Å². The summed E-state index contributed by atoms with van der Waals surface area (Å²) in [5, 5.41) is 0.231. The minimum atomic E-state index is -1.92. The quantitative estimate of drug-likeness (QED) is 0.156. The smallest absolute Gasteiger partial charge is 0.197 e. The summed E-state index contributed by atoms with van der Waals surface area (Å²) in [6.45, 7) is 32.0. The SMILES string of the molecule is CC(C)(C)C(=O)C(Cl)=NC(CC=C(C[Si](C)(C)C)C[Si](C)(C)C)CO[Si](C)(C)C(C)(C)C. The van der Waals surface area contributed by atoms with Gasteiger partial charge in [-0.2, -0.15) is 0 Å². The maximum atomic E-state index is 12.7. The molecular weight excluding hydrogens is 466 g/mol. The molecule has 0 saturated carbocycles. The number of aliphatic imine (C=N–C) groups is 1. The molecule has 0 N–H and O–H groups in total. The van der Waals surface area contributed by atoms with Gasteiger partial charge in [0.25, 0.3) is 0 Å². The Labute approximate surface area is 208 Å². The Morgan fingerprint density at radius 3 is 1.69 bits per heavy atom. The Morgan fingerprint density at radius 1 is 0.906 bits per heavy atom. The van der Waals surface area contributed by atoms with Gasteiger partial charge in [-0.25, -0.2) is 0 Å². The summed E-state index contributed by atoms with van der Waals surface area (Å²) in [7, 11) is -4.37. The zero-order valence-electron chi connectivity index (χ0n) is 23.6. The highest BCUT2D eigenvalue weighted by atomic mass is 35.5. The fourth-order valence-electron chi connectivity index (χ4n) is 3.08. The normalized spacial score (nSPS) is 15.5. The first-order valence-corrected chi connectivity index (χ1v) is 22.7. The van der Waals surface area contributed by atoms with Crippen LogP contribution in [0.5, 0.6) is 0 Å². The molecule has 0 amide bonds. The molecule has 3 nitrogen and oxygen atoms in total. The van der Waals surface area contributed by atoms with Crippen molar-refractivity contribution in [3.05, 3.63) is 11.6 Å². The summed E-state index contributed by atoms with van der Waals surface area (Å²) in [6, 6.07) is 2.29. The summed E-state index contributed by atoms with van der Waals surface area (Å²) in [5.41, 5.74) is 1.02. The molecule has 0 aliphatic heterocycles. The Hall–Kier alpha value is -0.0194. The van der Waals surface area contributed by atoms with Crippen LogP contribution in [0.4, 0.5) is 0 Å². The highest BCUT2D eigenvalue weighted by Gasteiger charge is 2.37. The van der Waals surface area contributed by atoms with Crippen LogP contribution in [-0.4, -0.2) is 48.1 Å². The first kappa shape index (κ1) is 32.0. The van der Waals surface area contributed by atoms with Crippen LogP contribution in [0, 0.1) is 5.41 Å². The molecule has 0 saturated heterocycles. The maximum Gasteiger partial charge on any atom is 0.197 e. The van der Waals surface area contributed by atoms with E-state index in [4.69, 9.17) is 21.0 Å². The monoisotopic (exact) mass is 517 g/mol. The highest BCUT2D eigenvalue weighted by Crippen LogP contribution is 2.37. The molecular formula is C25H52ClNO2Si3. The third-order valence-electron chi connectivity index (χ3n) is 5.80. The molecule has 32 heavy (non-hydrogen) atoms. The lowest BCUT2D eigenvalue weighted by atomic mass is 9.91. The first-order chi connectivity index (χ1) is 13.9. The lowest BCUT2D eigenvalue weighted by molar-refractivity contribution is -0.119. The number of hydrogen-bond donors (Lipinski definition) is 0. The summed E-state index contributed by atoms with van der Waals surface area (Å²) < 4.78 is 6.51. The molecule has 0 radical (unpaired) electrons. The van der Waals surface area contributed by atoms with Crippen LogP contribution in [-0.2, 0) is 9.22 Å². The maximum absolute atomic E-state index is 12.7. The van der Waals surface area contributed by atoms with Gasteiger partial charge in [-0.1, -0.05) is 104 Å². The molecule has 1 atom stereocenters. The molecule has 1 unspecified atom stereocenters. The fraction of sp³-hybridized carbons (Fsp3) is 0.840. The van der Waals surface area contributed by atoms with E-state index in [1.165, 1.54) is 12.1 Å². The number of rotatable bonds is 11. The van der Waals surface area contributed by atoms with Crippen LogP contribution in [0.3, 0.4) is 0 Å². The van der Waals surface area contributed by atoms with Crippen LogP contribution in [0.15, 0.2) is 16.6 Å². The highest BCUT2D eigenvalue weighted by molar-refractivity contribution is 6.83. The predicted molar refractivity (Wildman–Crippen MR) is 154 cm³/mol. The predicted octanol–water partition coefficient (Wildman–Crippen LogP) is 8.62. The van der Waals surface area contributed by atoms with Crippen LogP contribution in [0.1, 0.15) is 48.0 Å². The number of halogens is 1. The van der Waals surface area contributed by atoms with E-state index in [0.717, 1.165) is 6.42 Å². The summed E-state index contributed by atoms with van der Waals surface area (Å²) in [4.78, 5) is 17.4. The van der Waals surface area contributed by atoms with E-state index in [-0.39, 0.29) is 22.0 Å². The van der Waals surface area contributed by atoms with Crippen LogP contribution in [0.2, 0.25) is 69.5 Å². The third-order valence-corrected chi connectivity index (χ3v) is 13.6. The lowest BCUT2D eigenvalue weighted by Crippen LogP contribution is -2.42. The van der Waals surface area contributed by atoms with E-state index in [9.17, 15) is 4.79 Å². The van der Waals surface area contributed by atoms with Gasteiger partial charge in [0.05, 0.1) is 12.6 Å². The Bertz CT molecular complexity index is 670. The number of carbonyl (C=O) groups is 1. The van der Waals surface area contributed by atoms with Crippen LogP contribution < -0.4 is 0 Å². The number of hydrogen-bond acceptors (Lipinski definition) is 3. The van der Waals surface area contributed by atoms with Crippen LogP contribution in [0.25, 0.3) is 0 Å². The van der Waals surface area contributed by atoms with Gasteiger partial charge >= 0.3 is 0 Å². The largest absolute Gasteiger partial charge is 0.415 e. The van der Waals surface area contributed by atoms with Crippen molar-refractivity contribution in [2.24, 2.45) is 10.4 Å². The van der Waals surface area contributed by atoms with Gasteiger partial charge in [0.1, 0.15) is 0 Å². The molecule has 0 fully saturated rings. The van der Waals surface area contributed by atoms with Crippen molar-refractivity contribution in [3.8, 4) is 0 Å². The van der Waals surface area contributed by atoms with Gasteiger partial charge in [-0.05, 0) is 36.6 Å². The molecule has 0 aromatic carbocycles. The molecule has 0 bridgehead atoms. The molecule has 0 rings (SSSR count). The summed E-state index contributed by atoms with van der Waals surface area (Å²) in [5.74, 6) is -0.107. The standard InChI is InChI=1S/C25H52ClNO2Si3/c1-24(2,3)22(28)23(26)27-21(17-29-32(13,14)25(4,5)6)16-15-20(18-30(7,8)9)19-31(10,11)12/h15,21H,16-19H2,1-14H3. The van der Waals surface area contributed by atoms with E-state index < -0.39 is 29.9 Å². The van der Waals surface area contributed by atoms with E-state index in [1.54, 1.807) is 5.57 Å². The van der Waals surface area contributed by atoms with Crippen molar-refractivity contribution in [1.29, 1.82) is 0 Å². The average Bonchev–Trinajstić information content (AvgIpc) is 2.51. The number of nitrogens with zero attached hydrogens (tertiary/aromatic N) is 1. The van der Waals surface area contributed by atoms with Gasteiger partial charge in [0.2, 0.25) is 0 Å². The fourth-order valence-corrected chi connectivity index (χ4v) is 8.06. The second-order valence-electron chi connectivity index (χ2n) is 14.3. The van der Waals surface area contributed by atoms with E-state index >= 15 is 0 Å². The minimum absolute atomic E-state index is 0.103. The summed E-state index contributed by atoms with van der Waals surface area (Å²) in [6.07, 6.45) is 3.16. The molecule has 188 valence electrons. The van der Waals surface area contributed by atoms with E-state index in [1.807, 2.05) is 20.8 Å².